The van der Waals surface area contributed by atoms with E-state index in [0.717, 1.165) is 12.8 Å². The third kappa shape index (κ3) is 1.71. The Kier molecular flexibility index (Phi) is 2.28. The van der Waals surface area contributed by atoms with Crippen LogP contribution in [0.1, 0.15) is 24.2 Å². The summed E-state index contributed by atoms with van der Waals surface area (Å²) in [4.78, 5) is 7.13. The van der Waals surface area contributed by atoms with Crippen molar-refractivity contribution in [2.24, 2.45) is 5.73 Å². The van der Waals surface area contributed by atoms with Crippen LogP contribution in [0.15, 0.2) is 18.3 Å². The van der Waals surface area contributed by atoms with E-state index in [4.69, 9.17) is 5.73 Å². The lowest BCUT2D eigenvalue weighted by molar-refractivity contribution is 0.594. The Morgan fingerprint density at radius 1 is 1.28 bits per heavy atom. The van der Waals surface area contributed by atoms with Crippen LogP contribution in [0, 0.1) is 18.6 Å². The zero-order valence-corrected chi connectivity index (χ0v) is 9.93. The summed E-state index contributed by atoms with van der Waals surface area (Å²) in [6, 6.07) is 2.36. The van der Waals surface area contributed by atoms with E-state index < -0.39 is 17.2 Å². The molecule has 1 aliphatic carbocycles. The van der Waals surface area contributed by atoms with E-state index in [0.29, 0.717) is 11.5 Å². The fraction of sp³-hybridized carbons (Fsp3) is 0.308. The van der Waals surface area contributed by atoms with Crippen LogP contribution in [0.25, 0.3) is 11.3 Å². The molecule has 0 saturated heterocycles. The summed E-state index contributed by atoms with van der Waals surface area (Å²) in [5, 5.41) is 0. The topological polar surface area (TPSA) is 54.7 Å². The minimum atomic E-state index is -0.467. The highest BCUT2D eigenvalue weighted by Crippen LogP contribution is 2.41. The number of aryl methyl sites for hydroxylation is 1. The maximum Gasteiger partial charge on any atom is 0.133 e. The smallest absolute Gasteiger partial charge is 0.133 e. The van der Waals surface area contributed by atoms with Gasteiger partial charge in [-0.1, -0.05) is 0 Å². The van der Waals surface area contributed by atoms with Crippen molar-refractivity contribution >= 4 is 0 Å². The van der Waals surface area contributed by atoms with Crippen molar-refractivity contribution in [2.75, 3.05) is 0 Å². The Hall–Kier alpha value is -1.75. The van der Waals surface area contributed by atoms with Crippen molar-refractivity contribution in [2.45, 2.75) is 25.3 Å². The number of rotatable bonds is 2. The Balaban J connectivity index is 2.04. The fourth-order valence-corrected chi connectivity index (χ4v) is 1.94. The fourth-order valence-electron chi connectivity index (χ4n) is 1.94. The normalized spacial score (nSPS) is 16.9. The Bertz CT molecular complexity index is 615. The molecule has 1 aromatic heterocycles. The molecule has 18 heavy (non-hydrogen) atoms. The lowest BCUT2D eigenvalue weighted by atomic mass is 10.1. The van der Waals surface area contributed by atoms with E-state index in [1.165, 1.54) is 25.3 Å². The number of nitrogens with one attached hydrogen (secondary N) is 1. The highest BCUT2D eigenvalue weighted by atomic mass is 19.1. The van der Waals surface area contributed by atoms with Crippen LogP contribution < -0.4 is 5.73 Å². The van der Waals surface area contributed by atoms with Gasteiger partial charge in [0.15, 0.2) is 0 Å². The van der Waals surface area contributed by atoms with Gasteiger partial charge in [-0.25, -0.2) is 13.8 Å². The molecule has 0 atom stereocenters. The highest BCUT2D eigenvalue weighted by Gasteiger charge is 2.42. The third-order valence-electron chi connectivity index (χ3n) is 3.37. The molecule has 1 saturated carbocycles. The average Bonchev–Trinajstić information content (AvgIpc) is 2.90. The molecule has 0 aliphatic heterocycles. The standard InChI is InChI=1S/C13H13F2N3/c1-7-4-10(15)8(5-9(7)14)11-6-17-12(18-11)13(16)2-3-13/h4-6H,2-3,16H2,1H3,(H,17,18). The van der Waals surface area contributed by atoms with Gasteiger partial charge in [-0.3, -0.25) is 0 Å². The van der Waals surface area contributed by atoms with E-state index in [1.807, 2.05) is 0 Å². The summed E-state index contributed by atoms with van der Waals surface area (Å²) in [7, 11) is 0. The second-order valence-electron chi connectivity index (χ2n) is 4.88. The van der Waals surface area contributed by atoms with Gasteiger partial charge in [0, 0.05) is 5.56 Å². The average molecular weight is 249 g/mol. The summed E-state index contributed by atoms with van der Waals surface area (Å²) in [6.45, 7) is 1.53. The summed E-state index contributed by atoms with van der Waals surface area (Å²) in [5.41, 5.74) is 6.51. The summed E-state index contributed by atoms with van der Waals surface area (Å²) in [6.07, 6.45) is 3.23. The van der Waals surface area contributed by atoms with E-state index in [-0.39, 0.29) is 11.1 Å². The number of hydrogen-bond donors (Lipinski definition) is 2. The Morgan fingerprint density at radius 3 is 2.67 bits per heavy atom. The van der Waals surface area contributed by atoms with Crippen molar-refractivity contribution in [3.8, 4) is 11.3 Å². The number of nitrogens with zero attached hydrogens (tertiary/aromatic N) is 1. The quantitative estimate of drug-likeness (QED) is 0.859. The van der Waals surface area contributed by atoms with Crippen LogP contribution in [0.3, 0.4) is 0 Å². The van der Waals surface area contributed by atoms with Crippen LogP contribution in [0.2, 0.25) is 0 Å². The van der Waals surface area contributed by atoms with Crippen LogP contribution in [-0.2, 0) is 5.54 Å². The van der Waals surface area contributed by atoms with Crippen molar-refractivity contribution in [3.63, 3.8) is 0 Å². The number of nitrogens with two attached hydrogens (primary N) is 1. The number of aromatic nitrogens is 2. The van der Waals surface area contributed by atoms with Crippen molar-refractivity contribution in [3.05, 3.63) is 41.4 Å². The molecule has 1 aromatic carbocycles. The summed E-state index contributed by atoms with van der Waals surface area (Å²) in [5.74, 6) is -0.264. The molecule has 1 fully saturated rings. The van der Waals surface area contributed by atoms with Gasteiger partial charge in [0.1, 0.15) is 17.5 Å². The molecule has 0 amide bonds. The van der Waals surface area contributed by atoms with Crippen LogP contribution in [0.5, 0.6) is 0 Å². The van der Waals surface area contributed by atoms with Crippen molar-refractivity contribution in [1.82, 2.24) is 9.97 Å². The first kappa shape index (κ1) is 11.3. The van der Waals surface area contributed by atoms with Gasteiger partial charge in [0.2, 0.25) is 0 Å². The molecule has 1 heterocycles. The van der Waals surface area contributed by atoms with Gasteiger partial charge in [-0.15, -0.1) is 0 Å². The zero-order valence-electron chi connectivity index (χ0n) is 9.93. The predicted molar refractivity (Wildman–Crippen MR) is 63.8 cm³/mol. The molecule has 3 nitrogen and oxygen atoms in total. The number of halogens is 2. The number of benzene rings is 1. The Labute approximate surface area is 103 Å². The molecular weight excluding hydrogens is 236 g/mol. The molecule has 0 bridgehead atoms. The largest absolute Gasteiger partial charge is 0.340 e. The van der Waals surface area contributed by atoms with Gasteiger partial charge in [0.25, 0.3) is 0 Å². The molecule has 1 aliphatic rings. The predicted octanol–water partition coefficient (Wildman–Crippen LogP) is 2.61. The Morgan fingerprint density at radius 2 is 2.00 bits per heavy atom. The molecule has 3 rings (SSSR count). The van der Waals surface area contributed by atoms with Crippen LogP contribution in [-0.4, -0.2) is 9.97 Å². The first-order valence-electron chi connectivity index (χ1n) is 5.80. The number of imidazole rings is 1. The van der Waals surface area contributed by atoms with Crippen molar-refractivity contribution in [1.29, 1.82) is 0 Å². The maximum absolute atomic E-state index is 13.8. The minimum Gasteiger partial charge on any atom is -0.340 e. The summed E-state index contributed by atoms with van der Waals surface area (Å²) < 4.78 is 27.3. The third-order valence-corrected chi connectivity index (χ3v) is 3.37. The van der Waals surface area contributed by atoms with Gasteiger partial charge in [-0.2, -0.15) is 0 Å². The lowest BCUT2D eigenvalue weighted by Crippen LogP contribution is -2.20. The van der Waals surface area contributed by atoms with Gasteiger partial charge < -0.3 is 10.7 Å². The summed E-state index contributed by atoms with van der Waals surface area (Å²) >= 11 is 0. The van der Waals surface area contributed by atoms with Gasteiger partial charge >= 0.3 is 0 Å². The molecular formula is C13H13F2N3. The second kappa shape index (κ2) is 3.62. The van der Waals surface area contributed by atoms with Crippen LogP contribution >= 0.6 is 0 Å². The van der Waals surface area contributed by atoms with Gasteiger partial charge in [0.05, 0.1) is 17.4 Å². The zero-order chi connectivity index (χ0) is 12.9. The second-order valence-corrected chi connectivity index (χ2v) is 4.88. The number of aromatic amines is 1. The maximum atomic E-state index is 13.8. The lowest BCUT2D eigenvalue weighted by Gasteiger charge is -2.05. The molecule has 0 unspecified atom stereocenters. The first-order valence-corrected chi connectivity index (χ1v) is 5.80. The molecule has 0 spiro atoms. The monoisotopic (exact) mass is 249 g/mol. The van der Waals surface area contributed by atoms with Crippen LogP contribution in [0.4, 0.5) is 8.78 Å². The molecule has 0 radical (unpaired) electrons. The van der Waals surface area contributed by atoms with E-state index in [2.05, 4.69) is 9.97 Å². The number of hydrogen-bond acceptors (Lipinski definition) is 2. The molecule has 3 N–H and O–H groups in total. The van der Waals surface area contributed by atoms with E-state index in [9.17, 15) is 8.78 Å². The van der Waals surface area contributed by atoms with E-state index >= 15 is 0 Å². The molecule has 5 heteroatoms. The minimum absolute atomic E-state index is 0.182. The van der Waals surface area contributed by atoms with Gasteiger partial charge in [-0.05, 0) is 37.5 Å². The highest BCUT2D eigenvalue weighted by molar-refractivity contribution is 5.60. The molecule has 94 valence electrons. The first-order chi connectivity index (χ1) is 8.49. The number of H-pyrrole nitrogens is 1. The SMILES string of the molecule is Cc1cc(F)c(-c2cnc(C3(N)CC3)[nH]2)cc1F. The van der Waals surface area contributed by atoms with E-state index in [1.54, 1.807) is 0 Å². The molecule has 2 aromatic rings. The van der Waals surface area contributed by atoms with Crippen molar-refractivity contribution < 1.29 is 8.78 Å².